The van der Waals surface area contributed by atoms with Crippen LogP contribution in [0.15, 0.2) is 0 Å². The van der Waals surface area contributed by atoms with Crippen LogP contribution in [-0.2, 0) is 0 Å². The van der Waals surface area contributed by atoms with Gasteiger partial charge < -0.3 is 10.8 Å². The van der Waals surface area contributed by atoms with Crippen molar-refractivity contribution >= 4 is 0 Å². The zero-order chi connectivity index (χ0) is 10.1. The molecule has 1 saturated carbocycles. The molecule has 1 aliphatic rings. The molecule has 2 heteroatoms. The third kappa shape index (κ3) is 2.44. The van der Waals surface area contributed by atoms with Crippen molar-refractivity contribution in [1.82, 2.24) is 0 Å². The predicted octanol–water partition coefficient (Wildman–Crippen LogP) is 1.91. The number of rotatable bonds is 3. The number of nitrogens with two attached hydrogens (primary N) is 1. The Morgan fingerprint density at radius 2 is 2.15 bits per heavy atom. The minimum absolute atomic E-state index is 0.0936. The Bertz CT molecular complexity index is 169. The van der Waals surface area contributed by atoms with E-state index in [0.717, 1.165) is 12.8 Å². The third-order valence-corrected chi connectivity index (χ3v) is 3.62. The van der Waals surface area contributed by atoms with Crippen LogP contribution in [-0.4, -0.2) is 16.7 Å². The maximum Gasteiger partial charge on any atom is 0.0580 e. The Morgan fingerprint density at radius 3 is 2.54 bits per heavy atom. The zero-order valence-corrected chi connectivity index (χ0v) is 9.09. The molecular weight excluding hydrogens is 162 g/mol. The van der Waals surface area contributed by atoms with Crippen molar-refractivity contribution in [3.8, 4) is 0 Å². The highest BCUT2D eigenvalue weighted by Gasteiger charge is 2.38. The molecular formula is C11H23NO. The Labute approximate surface area is 81.5 Å². The summed E-state index contributed by atoms with van der Waals surface area (Å²) in [5, 5.41) is 9.79. The van der Waals surface area contributed by atoms with Crippen LogP contribution >= 0.6 is 0 Å². The van der Waals surface area contributed by atoms with Gasteiger partial charge in [0.1, 0.15) is 0 Å². The lowest BCUT2D eigenvalue weighted by atomic mass is 9.82. The summed E-state index contributed by atoms with van der Waals surface area (Å²) in [5.41, 5.74) is 6.19. The Kier molecular flexibility index (Phi) is 3.36. The Balaban J connectivity index is 2.51. The molecule has 3 unspecified atom stereocenters. The molecule has 0 aromatic heterocycles. The average molecular weight is 185 g/mol. The summed E-state index contributed by atoms with van der Waals surface area (Å²) in [7, 11) is 0. The van der Waals surface area contributed by atoms with E-state index in [0.29, 0.717) is 11.8 Å². The first-order valence-corrected chi connectivity index (χ1v) is 5.42. The lowest BCUT2D eigenvalue weighted by Crippen LogP contribution is -2.46. The van der Waals surface area contributed by atoms with E-state index in [-0.39, 0.29) is 11.6 Å². The van der Waals surface area contributed by atoms with Crippen molar-refractivity contribution in [3.05, 3.63) is 0 Å². The van der Waals surface area contributed by atoms with Crippen LogP contribution in [0, 0.1) is 11.8 Å². The molecule has 0 aromatic rings. The van der Waals surface area contributed by atoms with Crippen molar-refractivity contribution < 1.29 is 5.11 Å². The molecule has 13 heavy (non-hydrogen) atoms. The lowest BCUT2D eigenvalue weighted by Gasteiger charge is -2.32. The van der Waals surface area contributed by atoms with E-state index < -0.39 is 0 Å². The number of hydrogen-bond donors (Lipinski definition) is 2. The van der Waals surface area contributed by atoms with Gasteiger partial charge in [-0.25, -0.2) is 0 Å². The van der Waals surface area contributed by atoms with Gasteiger partial charge in [0, 0.05) is 5.54 Å². The molecule has 0 saturated heterocycles. The SMILES string of the molecule is CC(C)C(O)CC1(N)CCCC1C. The standard InChI is InChI=1S/C11H23NO/c1-8(2)10(13)7-11(12)6-4-5-9(11)3/h8-10,13H,4-7,12H2,1-3H3. The highest BCUT2D eigenvalue weighted by atomic mass is 16.3. The van der Waals surface area contributed by atoms with Crippen molar-refractivity contribution in [2.45, 2.75) is 58.1 Å². The van der Waals surface area contributed by atoms with E-state index in [2.05, 4.69) is 6.92 Å². The van der Waals surface area contributed by atoms with Crippen LogP contribution in [0.1, 0.15) is 46.5 Å². The van der Waals surface area contributed by atoms with Gasteiger partial charge in [-0.05, 0) is 31.1 Å². The van der Waals surface area contributed by atoms with Crippen LogP contribution in [0.2, 0.25) is 0 Å². The number of aliphatic hydroxyl groups is 1. The molecule has 1 rings (SSSR count). The quantitative estimate of drug-likeness (QED) is 0.705. The minimum atomic E-state index is -0.231. The van der Waals surface area contributed by atoms with Crippen LogP contribution in [0.4, 0.5) is 0 Å². The molecule has 0 amide bonds. The maximum atomic E-state index is 9.79. The maximum absolute atomic E-state index is 9.79. The van der Waals surface area contributed by atoms with Gasteiger partial charge in [0.15, 0.2) is 0 Å². The van der Waals surface area contributed by atoms with Gasteiger partial charge in [0.05, 0.1) is 6.10 Å². The van der Waals surface area contributed by atoms with E-state index >= 15 is 0 Å². The fourth-order valence-electron chi connectivity index (χ4n) is 2.20. The molecule has 0 heterocycles. The van der Waals surface area contributed by atoms with Gasteiger partial charge in [-0.1, -0.05) is 27.2 Å². The van der Waals surface area contributed by atoms with Gasteiger partial charge in [-0.3, -0.25) is 0 Å². The molecule has 0 aliphatic heterocycles. The first kappa shape index (κ1) is 11.0. The van der Waals surface area contributed by atoms with Crippen LogP contribution in [0.5, 0.6) is 0 Å². The number of aliphatic hydroxyl groups excluding tert-OH is 1. The van der Waals surface area contributed by atoms with Gasteiger partial charge in [-0.15, -0.1) is 0 Å². The van der Waals surface area contributed by atoms with Gasteiger partial charge >= 0.3 is 0 Å². The summed E-state index contributed by atoms with van der Waals surface area (Å²) in [6, 6.07) is 0. The molecule has 3 N–H and O–H groups in total. The Morgan fingerprint density at radius 1 is 1.54 bits per heavy atom. The smallest absolute Gasteiger partial charge is 0.0580 e. The Hall–Kier alpha value is -0.0800. The van der Waals surface area contributed by atoms with Crippen molar-refractivity contribution in [1.29, 1.82) is 0 Å². The molecule has 0 bridgehead atoms. The summed E-state index contributed by atoms with van der Waals surface area (Å²) in [4.78, 5) is 0. The minimum Gasteiger partial charge on any atom is -0.393 e. The second kappa shape index (κ2) is 3.97. The predicted molar refractivity (Wildman–Crippen MR) is 55.4 cm³/mol. The van der Waals surface area contributed by atoms with E-state index in [1.165, 1.54) is 12.8 Å². The average Bonchev–Trinajstić information content (AvgIpc) is 2.32. The largest absolute Gasteiger partial charge is 0.393 e. The first-order chi connectivity index (χ1) is 5.96. The summed E-state index contributed by atoms with van der Waals surface area (Å²) in [6.07, 6.45) is 4.07. The van der Waals surface area contributed by atoms with Crippen LogP contribution in [0.3, 0.4) is 0 Å². The van der Waals surface area contributed by atoms with E-state index in [9.17, 15) is 5.11 Å². The molecule has 1 aliphatic carbocycles. The molecule has 78 valence electrons. The van der Waals surface area contributed by atoms with E-state index in [1.54, 1.807) is 0 Å². The monoisotopic (exact) mass is 185 g/mol. The molecule has 1 fully saturated rings. The van der Waals surface area contributed by atoms with Gasteiger partial charge in [0.2, 0.25) is 0 Å². The molecule has 2 nitrogen and oxygen atoms in total. The highest BCUT2D eigenvalue weighted by Crippen LogP contribution is 2.37. The van der Waals surface area contributed by atoms with E-state index in [1.807, 2.05) is 13.8 Å². The molecule has 0 radical (unpaired) electrons. The fourth-order valence-corrected chi connectivity index (χ4v) is 2.20. The van der Waals surface area contributed by atoms with Crippen LogP contribution in [0.25, 0.3) is 0 Å². The summed E-state index contributed by atoms with van der Waals surface area (Å²) in [5.74, 6) is 0.897. The normalized spacial score (nSPS) is 36.9. The summed E-state index contributed by atoms with van der Waals surface area (Å²) >= 11 is 0. The summed E-state index contributed by atoms with van der Waals surface area (Å²) < 4.78 is 0. The van der Waals surface area contributed by atoms with Gasteiger partial charge in [0.25, 0.3) is 0 Å². The van der Waals surface area contributed by atoms with E-state index in [4.69, 9.17) is 5.73 Å². The second-order valence-electron chi connectivity index (χ2n) is 5.04. The van der Waals surface area contributed by atoms with Crippen molar-refractivity contribution in [2.24, 2.45) is 17.6 Å². The van der Waals surface area contributed by atoms with Crippen LogP contribution < -0.4 is 5.73 Å². The molecule has 0 spiro atoms. The van der Waals surface area contributed by atoms with Crippen molar-refractivity contribution in [3.63, 3.8) is 0 Å². The highest BCUT2D eigenvalue weighted by molar-refractivity contribution is 4.96. The summed E-state index contributed by atoms with van der Waals surface area (Å²) in [6.45, 7) is 6.31. The second-order valence-corrected chi connectivity index (χ2v) is 5.04. The van der Waals surface area contributed by atoms with Crippen molar-refractivity contribution in [2.75, 3.05) is 0 Å². The molecule has 3 atom stereocenters. The molecule has 0 aromatic carbocycles. The fraction of sp³-hybridized carbons (Fsp3) is 1.00. The number of hydrogen-bond acceptors (Lipinski definition) is 2. The first-order valence-electron chi connectivity index (χ1n) is 5.42. The van der Waals surface area contributed by atoms with Gasteiger partial charge in [-0.2, -0.15) is 0 Å². The third-order valence-electron chi connectivity index (χ3n) is 3.62. The topological polar surface area (TPSA) is 46.2 Å². The zero-order valence-electron chi connectivity index (χ0n) is 9.09. The lowest BCUT2D eigenvalue weighted by molar-refractivity contribution is 0.0801.